The summed E-state index contributed by atoms with van der Waals surface area (Å²) in [5.41, 5.74) is 1.72. The van der Waals surface area contributed by atoms with Gasteiger partial charge in [0.1, 0.15) is 11.9 Å². The first kappa shape index (κ1) is 13.4. The Balaban J connectivity index is 1.92. The molecule has 0 aliphatic carbocycles. The van der Waals surface area contributed by atoms with Gasteiger partial charge in [0, 0.05) is 34.8 Å². The van der Waals surface area contributed by atoms with Crippen molar-refractivity contribution in [2.24, 2.45) is 4.99 Å². The Morgan fingerprint density at radius 1 is 1.18 bits per heavy atom. The monoisotopic (exact) mass is 309 g/mol. The van der Waals surface area contributed by atoms with Gasteiger partial charge in [-0.05, 0) is 17.5 Å². The molecule has 1 aliphatic rings. The van der Waals surface area contributed by atoms with Crippen LogP contribution >= 0.6 is 11.3 Å². The molecule has 2 aromatic heterocycles. The van der Waals surface area contributed by atoms with Crippen molar-refractivity contribution in [3.63, 3.8) is 0 Å². The maximum absolute atomic E-state index is 10.9. The third-order valence-corrected chi connectivity index (χ3v) is 4.99. The Morgan fingerprint density at radius 2 is 2.09 bits per heavy atom. The van der Waals surface area contributed by atoms with Crippen molar-refractivity contribution in [1.82, 2.24) is 10.3 Å². The lowest BCUT2D eigenvalue weighted by Crippen LogP contribution is -2.20. The van der Waals surface area contributed by atoms with Crippen LogP contribution in [0.15, 0.2) is 53.8 Å². The summed E-state index contributed by atoms with van der Waals surface area (Å²) in [5.74, 6) is 0.888. The first-order chi connectivity index (χ1) is 10.8. The van der Waals surface area contributed by atoms with Crippen molar-refractivity contribution in [3.8, 4) is 0 Å². The molecule has 0 radical (unpaired) electrons. The van der Waals surface area contributed by atoms with Crippen LogP contribution in [0.2, 0.25) is 0 Å². The van der Waals surface area contributed by atoms with Gasteiger partial charge in [-0.15, -0.1) is 11.3 Å². The van der Waals surface area contributed by atoms with Crippen molar-refractivity contribution < 1.29 is 5.11 Å². The summed E-state index contributed by atoms with van der Waals surface area (Å²) < 4.78 is 1.16. The van der Waals surface area contributed by atoms with Crippen molar-refractivity contribution in [1.29, 1.82) is 0 Å². The zero-order chi connectivity index (χ0) is 14.9. The normalized spacial score (nSPS) is 15.6. The van der Waals surface area contributed by atoms with Gasteiger partial charge >= 0.3 is 0 Å². The predicted octanol–water partition coefficient (Wildman–Crippen LogP) is 2.73. The van der Waals surface area contributed by atoms with Crippen LogP contribution < -0.4 is 5.32 Å². The topological polar surface area (TPSA) is 57.5 Å². The molecule has 0 bridgehead atoms. The second-order valence-corrected chi connectivity index (χ2v) is 6.24. The van der Waals surface area contributed by atoms with E-state index < -0.39 is 6.10 Å². The lowest BCUT2D eigenvalue weighted by molar-refractivity contribution is 0.221. The summed E-state index contributed by atoms with van der Waals surface area (Å²) in [6, 6.07) is 11.9. The number of fused-ring (bicyclic) bond motifs is 1. The van der Waals surface area contributed by atoms with Gasteiger partial charge in [-0.3, -0.25) is 9.98 Å². The van der Waals surface area contributed by atoms with Crippen molar-refractivity contribution in [3.05, 3.63) is 64.8 Å². The molecule has 3 heterocycles. The molecular formula is C17H15N3OS. The fourth-order valence-electron chi connectivity index (χ4n) is 2.77. The lowest BCUT2D eigenvalue weighted by Gasteiger charge is -2.13. The van der Waals surface area contributed by atoms with Crippen LogP contribution in [0, 0.1) is 0 Å². The number of hydrogen-bond donors (Lipinski definition) is 2. The van der Waals surface area contributed by atoms with Crippen LogP contribution in [0.5, 0.6) is 0 Å². The summed E-state index contributed by atoms with van der Waals surface area (Å²) in [6.45, 7) is 1.64. The van der Waals surface area contributed by atoms with E-state index in [-0.39, 0.29) is 0 Å². The highest BCUT2D eigenvalue weighted by Crippen LogP contribution is 2.38. The molecule has 2 N–H and O–H groups in total. The Bertz CT molecular complexity index is 841. The van der Waals surface area contributed by atoms with E-state index in [1.54, 1.807) is 23.7 Å². The van der Waals surface area contributed by atoms with Crippen LogP contribution in [-0.4, -0.2) is 29.0 Å². The zero-order valence-electron chi connectivity index (χ0n) is 11.9. The minimum Gasteiger partial charge on any atom is -0.384 e. The number of amidine groups is 1. The smallest absolute Gasteiger partial charge is 0.139 e. The van der Waals surface area contributed by atoms with E-state index in [2.05, 4.69) is 27.4 Å². The Kier molecular flexibility index (Phi) is 3.36. The SMILES string of the molecule is OC(c1cccnc1)c1c(C2=NCCN2)sc2ccccc12. The van der Waals surface area contributed by atoms with Gasteiger partial charge in [-0.25, -0.2) is 0 Å². The van der Waals surface area contributed by atoms with Crippen LogP contribution in [0.4, 0.5) is 0 Å². The fourth-order valence-corrected chi connectivity index (χ4v) is 3.99. The van der Waals surface area contributed by atoms with Gasteiger partial charge in [0.15, 0.2) is 0 Å². The first-order valence-electron chi connectivity index (χ1n) is 7.22. The number of benzene rings is 1. The number of hydrogen-bond acceptors (Lipinski definition) is 5. The van der Waals surface area contributed by atoms with Crippen molar-refractivity contribution >= 4 is 27.3 Å². The number of aliphatic hydroxyl groups excluding tert-OH is 1. The number of rotatable bonds is 3. The average molecular weight is 309 g/mol. The van der Waals surface area contributed by atoms with Crippen LogP contribution in [0.25, 0.3) is 10.1 Å². The standard InChI is InChI=1S/C17H15N3OS/c21-15(11-4-3-7-18-10-11)14-12-5-1-2-6-13(12)22-16(14)17-19-8-9-20-17/h1-7,10,15,21H,8-9H2,(H,19,20). The van der Waals surface area contributed by atoms with E-state index in [4.69, 9.17) is 0 Å². The molecule has 110 valence electrons. The molecule has 3 aromatic rings. The minimum absolute atomic E-state index is 0.704. The third kappa shape index (κ3) is 2.19. The molecule has 1 aromatic carbocycles. The van der Waals surface area contributed by atoms with Crippen LogP contribution in [-0.2, 0) is 0 Å². The van der Waals surface area contributed by atoms with Gasteiger partial charge in [-0.1, -0.05) is 24.3 Å². The van der Waals surface area contributed by atoms with E-state index >= 15 is 0 Å². The van der Waals surface area contributed by atoms with E-state index in [0.29, 0.717) is 0 Å². The molecule has 0 fully saturated rings. The largest absolute Gasteiger partial charge is 0.384 e. The maximum Gasteiger partial charge on any atom is 0.139 e. The molecule has 0 saturated carbocycles. The van der Waals surface area contributed by atoms with E-state index in [1.165, 1.54) is 0 Å². The summed E-state index contributed by atoms with van der Waals surface area (Å²) in [4.78, 5) is 9.67. The maximum atomic E-state index is 10.9. The second-order valence-electron chi connectivity index (χ2n) is 5.19. The van der Waals surface area contributed by atoms with Crippen LogP contribution in [0.1, 0.15) is 22.1 Å². The minimum atomic E-state index is -0.704. The third-order valence-electron chi connectivity index (χ3n) is 3.80. The molecule has 5 heteroatoms. The van der Waals surface area contributed by atoms with E-state index in [9.17, 15) is 5.11 Å². The van der Waals surface area contributed by atoms with Gasteiger partial charge < -0.3 is 10.4 Å². The number of nitrogens with zero attached hydrogens (tertiary/aromatic N) is 2. The quantitative estimate of drug-likeness (QED) is 0.782. The highest BCUT2D eigenvalue weighted by atomic mass is 32.1. The summed E-state index contributed by atoms with van der Waals surface area (Å²) in [5, 5.41) is 15.3. The number of aromatic nitrogens is 1. The number of pyridine rings is 1. The summed E-state index contributed by atoms with van der Waals surface area (Å²) in [7, 11) is 0. The number of aliphatic imine (C=N–C) groups is 1. The Labute approximate surface area is 132 Å². The number of thiophene rings is 1. The number of nitrogens with one attached hydrogen (secondary N) is 1. The van der Waals surface area contributed by atoms with Crippen molar-refractivity contribution in [2.45, 2.75) is 6.10 Å². The molecule has 22 heavy (non-hydrogen) atoms. The fraction of sp³-hybridized carbons (Fsp3) is 0.176. The highest BCUT2D eigenvalue weighted by molar-refractivity contribution is 7.21. The van der Waals surface area contributed by atoms with Gasteiger partial charge in [0.25, 0.3) is 0 Å². The van der Waals surface area contributed by atoms with Gasteiger partial charge in [-0.2, -0.15) is 0 Å². The summed E-state index contributed by atoms with van der Waals surface area (Å²) >= 11 is 1.67. The molecule has 1 aliphatic heterocycles. The number of aliphatic hydroxyl groups is 1. The molecule has 1 unspecified atom stereocenters. The predicted molar refractivity (Wildman–Crippen MR) is 89.5 cm³/mol. The van der Waals surface area contributed by atoms with E-state index in [1.807, 2.05) is 24.3 Å². The highest BCUT2D eigenvalue weighted by Gasteiger charge is 2.24. The molecule has 0 spiro atoms. The Morgan fingerprint density at radius 3 is 2.86 bits per heavy atom. The molecule has 4 rings (SSSR count). The van der Waals surface area contributed by atoms with Gasteiger partial charge in [0.2, 0.25) is 0 Å². The average Bonchev–Trinajstić information content (AvgIpc) is 3.22. The molecule has 4 nitrogen and oxygen atoms in total. The summed E-state index contributed by atoms with van der Waals surface area (Å²) in [6.07, 6.45) is 2.72. The van der Waals surface area contributed by atoms with Crippen molar-refractivity contribution in [2.75, 3.05) is 13.1 Å². The Hall–Kier alpha value is -2.24. The molecule has 0 saturated heterocycles. The first-order valence-corrected chi connectivity index (χ1v) is 8.04. The lowest BCUT2D eigenvalue weighted by atomic mass is 9.99. The second kappa shape index (κ2) is 5.51. The zero-order valence-corrected chi connectivity index (χ0v) is 12.7. The van der Waals surface area contributed by atoms with Crippen LogP contribution in [0.3, 0.4) is 0 Å². The van der Waals surface area contributed by atoms with Gasteiger partial charge in [0.05, 0.1) is 11.4 Å². The molecular weight excluding hydrogens is 294 g/mol. The molecule has 1 atom stereocenters. The van der Waals surface area contributed by atoms with E-state index in [0.717, 1.165) is 45.0 Å². The molecule has 0 amide bonds.